The lowest BCUT2D eigenvalue weighted by molar-refractivity contribution is -0.117. The Morgan fingerprint density at radius 1 is 1.62 bits per heavy atom. The number of nitrogens with zero attached hydrogens (tertiary/aromatic N) is 4. The predicted molar refractivity (Wildman–Crippen MR) is 62.3 cm³/mol. The second-order valence-corrected chi connectivity index (χ2v) is 5.12. The molecular weight excluding hydrogens is 272 g/mol. The fourth-order valence-corrected chi connectivity index (χ4v) is 2.52. The number of rotatable bonds is 1. The highest BCUT2D eigenvalue weighted by Crippen LogP contribution is 2.28. The quantitative estimate of drug-likeness (QED) is 0.725. The molecule has 0 bridgehead atoms. The van der Waals surface area contributed by atoms with Crippen LogP contribution in [0.15, 0.2) is 0 Å². The molecule has 1 aliphatic heterocycles. The molecule has 0 spiro atoms. The molecule has 1 aromatic rings. The molecule has 0 aliphatic carbocycles. The van der Waals surface area contributed by atoms with Crippen LogP contribution >= 0.6 is 15.9 Å². The molecule has 0 aromatic carbocycles. The summed E-state index contributed by atoms with van der Waals surface area (Å²) in [4.78, 5) is 13.5. The number of carbonyl (C=O) groups excluding carboxylic acids is 1. The van der Waals surface area contributed by atoms with Crippen molar-refractivity contribution in [1.82, 2.24) is 9.78 Å². The predicted octanol–water partition coefficient (Wildman–Crippen LogP) is 1.10. The van der Waals surface area contributed by atoms with Gasteiger partial charge in [-0.2, -0.15) is 10.4 Å². The average molecular weight is 283 g/mol. The number of hydrogen-bond donors (Lipinski definition) is 0. The van der Waals surface area contributed by atoms with Crippen molar-refractivity contribution in [3.05, 3.63) is 11.3 Å². The lowest BCUT2D eigenvalue weighted by Gasteiger charge is -2.16. The SMILES string of the molecule is Cc1nn(C)c(N2CC(Br)CC2=O)c1C#N. The zero-order valence-corrected chi connectivity index (χ0v) is 10.7. The molecule has 5 nitrogen and oxygen atoms in total. The van der Waals surface area contributed by atoms with Crippen molar-refractivity contribution in [3.8, 4) is 6.07 Å². The van der Waals surface area contributed by atoms with E-state index in [2.05, 4.69) is 27.1 Å². The molecule has 0 N–H and O–H groups in total. The lowest BCUT2D eigenvalue weighted by Crippen LogP contribution is -2.27. The van der Waals surface area contributed by atoms with Crippen LogP contribution in [0.1, 0.15) is 17.7 Å². The molecule has 1 unspecified atom stereocenters. The maximum absolute atomic E-state index is 11.8. The summed E-state index contributed by atoms with van der Waals surface area (Å²) < 4.78 is 1.59. The van der Waals surface area contributed by atoms with Crippen LogP contribution in [-0.4, -0.2) is 27.1 Å². The molecule has 1 amide bonds. The average Bonchev–Trinajstić information content (AvgIpc) is 2.66. The molecule has 1 fully saturated rings. The topological polar surface area (TPSA) is 61.9 Å². The fraction of sp³-hybridized carbons (Fsp3) is 0.500. The third-order valence-corrected chi connectivity index (χ3v) is 3.25. The van der Waals surface area contributed by atoms with Crippen LogP contribution in [-0.2, 0) is 11.8 Å². The number of alkyl halides is 1. The van der Waals surface area contributed by atoms with Crippen LogP contribution in [0.2, 0.25) is 0 Å². The second-order valence-electron chi connectivity index (χ2n) is 3.83. The van der Waals surface area contributed by atoms with Crippen molar-refractivity contribution in [2.24, 2.45) is 7.05 Å². The van der Waals surface area contributed by atoms with Crippen molar-refractivity contribution < 1.29 is 4.79 Å². The molecule has 2 rings (SSSR count). The summed E-state index contributed by atoms with van der Waals surface area (Å²) in [6.45, 7) is 2.36. The van der Waals surface area contributed by atoms with Gasteiger partial charge in [0.15, 0.2) is 5.82 Å². The van der Waals surface area contributed by atoms with E-state index in [-0.39, 0.29) is 10.7 Å². The highest BCUT2D eigenvalue weighted by Gasteiger charge is 2.33. The number of anilines is 1. The number of nitriles is 1. The summed E-state index contributed by atoms with van der Waals surface area (Å²) in [5.41, 5.74) is 1.14. The Hall–Kier alpha value is -1.35. The van der Waals surface area contributed by atoms with Gasteiger partial charge in [-0.25, -0.2) is 0 Å². The maximum Gasteiger partial charge on any atom is 0.229 e. The third kappa shape index (κ3) is 1.61. The van der Waals surface area contributed by atoms with Gasteiger partial charge < -0.3 is 0 Å². The van der Waals surface area contributed by atoms with Crippen molar-refractivity contribution in [2.75, 3.05) is 11.4 Å². The molecule has 6 heteroatoms. The summed E-state index contributed by atoms with van der Waals surface area (Å²) in [5, 5.41) is 13.2. The summed E-state index contributed by atoms with van der Waals surface area (Å²) in [6, 6.07) is 2.10. The molecule has 84 valence electrons. The van der Waals surface area contributed by atoms with Crippen molar-refractivity contribution in [2.45, 2.75) is 18.2 Å². The smallest absolute Gasteiger partial charge is 0.229 e. The third-order valence-electron chi connectivity index (χ3n) is 2.64. The van der Waals surface area contributed by atoms with Crippen LogP contribution in [0.3, 0.4) is 0 Å². The Morgan fingerprint density at radius 2 is 2.31 bits per heavy atom. The molecule has 2 heterocycles. The largest absolute Gasteiger partial charge is 0.295 e. The fourth-order valence-electron chi connectivity index (χ4n) is 1.96. The van der Waals surface area contributed by atoms with E-state index in [0.717, 1.165) is 0 Å². The van der Waals surface area contributed by atoms with Gasteiger partial charge in [0.05, 0.1) is 5.69 Å². The van der Waals surface area contributed by atoms with Gasteiger partial charge in [0, 0.05) is 24.8 Å². The highest BCUT2D eigenvalue weighted by atomic mass is 79.9. The first-order chi connectivity index (χ1) is 7.54. The van der Waals surface area contributed by atoms with Gasteiger partial charge in [-0.15, -0.1) is 0 Å². The Labute approximate surface area is 102 Å². The summed E-state index contributed by atoms with van der Waals surface area (Å²) in [6.07, 6.45) is 0.467. The van der Waals surface area contributed by atoms with E-state index in [9.17, 15) is 4.79 Å². The lowest BCUT2D eigenvalue weighted by atomic mass is 10.2. The van der Waals surface area contributed by atoms with E-state index in [1.165, 1.54) is 0 Å². The number of aryl methyl sites for hydroxylation is 2. The van der Waals surface area contributed by atoms with E-state index in [4.69, 9.17) is 5.26 Å². The van der Waals surface area contributed by atoms with Gasteiger partial charge in [-0.05, 0) is 6.92 Å². The zero-order valence-electron chi connectivity index (χ0n) is 9.07. The van der Waals surface area contributed by atoms with Crippen molar-refractivity contribution >= 4 is 27.7 Å². The minimum atomic E-state index is 0.0291. The Bertz CT molecular complexity index is 488. The monoisotopic (exact) mass is 282 g/mol. The highest BCUT2D eigenvalue weighted by molar-refractivity contribution is 9.09. The van der Waals surface area contributed by atoms with Crippen LogP contribution in [0, 0.1) is 18.3 Å². The zero-order chi connectivity index (χ0) is 11.9. The normalized spacial score (nSPS) is 20.2. The minimum absolute atomic E-state index is 0.0291. The van der Waals surface area contributed by atoms with Gasteiger partial charge in [0.2, 0.25) is 5.91 Å². The molecule has 16 heavy (non-hydrogen) atoms. The van der Waals surface area contributed by atoms with Gasteiger partial charge in [0.1, 0.15) is 11.6 Å². The summed E-state index contributed by atoms with van der Waals surface area (Å²) in [7, 11) is 1.75. The van der Waals surface area contributed by atoms with E-state index in [0.29, 0.717) is 30.0 Å². The molecule has 1 saturated heterocycles. The Kier molecular flexibility index (Phi) is 2.72. The Balaban J connectivity index is 2.49. The molecule has 1 atom stereocenters. The molecule has 1 aromatic heterocycles. The number of aromatic nitrogens is 2. The number of carbonyl (C=O) groups is 1. The van der Waals surface area contributed by atoms with Gasteiger partial charge in [-0.1, -0.05) is 15.9 Å². The number of hydrogen-bond acceptors (Lipinski definition) is 3. The van der Waals surface area contributed by atoms with Gasteiger partial charge in [-0.3, -0.25) is 14.4 Å². The first-order valence-electron chi connectivity index (χ1n) is 4.92. The Morgan fingerprint density at radius 3 is 2.81 bits per heavy atom. The molecule has 0 saturated carbocycles. The molecule has 1 aliphatic rings. The van der Waals surface area contributed by atoms with Gasteiger partial charge >= 0.3 is 0 Å². The van der Waals surface area contributed by atoms with E-state index in [1.54, 1.807) is 23.6 Å². The van der Waals surface area contributed by atoms with E-state index < -0.39 is 0 Å². The molecular formula is C10H11BrN4O. The standard InChI is InChI=1S/C10H11BrN4O/c1-6-8(4-12)10(14(2)13-6)15-5-7(11)3-9(15)16/h7H,3,5H2,1-2H3. The number of amides is 1. The minimum Gasteiger partial charge on any atom is -0.295 e. The second kappa shape index (κ2) is 3.91. The van der Waals surface area contributed by atoms with Crippen molar-refractivity contribution in [3.63, 3.8) is 0 Å². The first-order valence-corrected chi connectivity index (χ1v) is 5.84. The van der Waals surface area contributed by atoms with Crippen LogP contribution in [0.5, 0.6) is 0 Å². The maximum atomic E-state index is 11.8. The molecule has 0 radical (unpaired) electrons. The van der Waals surface area contributed by atoms with E-state index >= 15 is 0 Å². The first kappa shape index (κ1) is 11.1. The van der Waals surface area contributed by atoms with Gasteiger partial charge in [0.25, 0.3) is 0 Å². The van der Waals surface area contributed by atoms with Crippen molar-refractivity contribution in [1.29, 1.82) is 5.26 Å². The van der Waals surface area contributed by atoms with Crippen LogP contribution in [0.25, 0.3) is 0 Å². The summed E-state index contributed by atoms with van der Waals surface area (Å²) in [5.74, 6) is 0.633. The summed E-state index contributed by atoms with van der Waals surface area (Å²) >= 11 is 3.42. The van der Waals surface area contributed by atoms with Crippen LogP contribution < -0.4 is 4.90 Å². The van der Waals surface area contributed by atoms with E-state index in [1.807, 2.05) is 0 Å². The van der Waals surface area contributed by atoms with Crippen LogP contribution in [0.4, 0.5) is 5.82 Å². The number of halogens is 1.